The molecule has 2 aromatic carbocycles. The van der Waals surface area contributed by atoms with Gasteiger partial charge in [-0.2, -0.15) is 5.10 Å². The van der Waals surface area contributed by atoms with Gasteiger partial charge < -0.3 is 5.11 Å². The number of hydroxylamine groups is 1. The van der Waals surface area contributed by atoms with E-state index in [2.05, 4.69) is 10.2 Å². The van der Waals surface area contributed by atoms with Crippen LogP contribution in [0, 0.1) is 5.82 Å². The van der Waals surface area contributed by atoms with Gasteiger partial charge in [0.25, 0.3) is 0 Å². The predicted molar refractivity (Wildman–Crippen MR) is 94.3 cm³/mol. The van der Waals surface area contributed by atoms with Crippen LogP contribution >= 0.6 is 11.6 Å². The number of aromatic amines is 1. The normalized spacial score (nSPS) is 10.7. The highest BCUT2D eigenvalue weighted by atomic mass is 35.5. The fourth-order valence-electron chi connectivity index (χ4n) is 2.69. The fourth-order valence-corrected chi connectivity index (χ4v) is 2.90. The molecule has 1 amide bonds. The molecule has 6 nitrogen and oxygen atoms in total. The maximum atomic E-state index is 13.9. The lowest BCUT2D eigenvalue weighted by molar-refractivity contribution is -0.129. The first-order valence-electron chi connectivity index (χ1n) is 7.75. The Morgan fingerprint density at radius 3 is 2.62 bits per heavy atom. The number of hydrogen-bond acceptors (Lipinski definition) is 4. The highest BCUT2D eigenvalue weighted by Crippen LogP contribution is 2.36. The zero-order chi connectivity index (χ0) is 18.7. The second kappa shape index (κ2) is 7.55. The molecule has 4 N–H and O–H groups in total. The Labute approximate surface area is 153 Å². The first-order chi connectivity index (χ1) is 12.5. The lowest BCUT2D eigenvalue weighted by atomic mass is 9.98. The van der Waals surface area contributed by atoms with Crippen LogP contribution in [0.15, 0.2) is 42.5 Å². The number of aromatic hydroxyl groups is 1. The summed E-state index contributed by atoms with van der Waals surface area (Å²) in [6.07, 6.45) is 0.264. The van der Waals surface area contributed by atoms with Crippen molar-refractivity contribution < 1.29 is 19.5 Å². The molecule has 3 rings (SSSR count). The molecule has 0 atom stereocenters. The minimum Gasteiger partial charge on any atom is -0.504 e. The van der Waals surface area contributed by atoms with Gasteiger partial charge in [0.1, 0.15) is 0 Å². The van der Waals surface area contributed by atoms with Gasteiger partial charge >= 0.3 is 0 Å². The Hall–Kier alpha value is -2.90. The molecule has 0 fully saturated rings. The summed E-state index contributed by atoms with van der Waals surface area (Å²) >= 11 is 5.87. The molecule has 0 saturated heterocycles. The summed E-state index contributed by atoms with van der Waals surface area (Å²) in [6.45, 7) is 0. The number of phenols is 1. The number of carbonyl (C=O) groups is 1. The number of nitrogens with zero attached hydrogens (tertiary/aromatic N) is 1. The molecule has 0 aliphatic rings. The summed E-state index contributed by atoms with van der Waals surface area (Å²) in [5.74, 6) is -2.04. The number of benzene rings is 2. The Balaban J connectivity index is 2.10. The summed E-state index contributed by atoms with van der Waals surface area (Å²) in [5, 5.41) is 25.3. The number of hydrogen-bond donors (Lipinski definition) is 4. The van der Waals surface area contributed by atoms with Gasteiger partial charge in [0, 0.05) is 17.5 Å². The number of carbonyl (C=O) groups excluding carboxylic acids is 1. The van der Waals surface area contributed by atoms with E-state index < -0.39 is 17.5 Å². The van der Waals surface area contributed by atoms with Crippen molar-refractivity contribution >= 4 is 17.5 Å². The molecule has 8 heteroatoms. The monoisotopic (exact) mass is 375 g/mol. The third-order valence-corrected chi connectivity index (χ3v) is 4.23. The van der Waals surface area contributed by atoms with Crippen molar-refractivity contribution in [2.45, 2.75) is 12.8 Å². The molecule has 26 heavy (non-hydrogen) atoms. The Kier molecular flexibility index (Phi) is 5.20. The van der Waals surface area contributed by atoms with E-state index in [0.717, 1.165) is 11.6 Å². The minimum absolute atomic E-state index is 0.0111. The van der Waals surface area contributed by atoms with E-state index >= 15 is 0 Å². The van der Waals surface area contributed by atoms with Crippen LogP contribution < -0.4 is 5.48 Å². The smallest absolute Gasteiger partial charge is 0.243 e. The molecule has 134 valence electrons. The highest BCUT2D eigenvalue weighted by Gasteiger charge is 2.19. The zero-order valence-electron chi connectivity index (χ0n) is 13.5. The van der Waals surface area contributed by atoms with Crippen molar-refractivity contribution in [1.82, 2.24) is 15.7 Å². The van der Waals surface area contributed by atoms with Crippen molar-refractivity contribution in [3.8, 4) is 28.3 Å². The van der Waals surface area contributed by atoms with Gasteiger partial charge in [0.05, 0.1) is 16.4 Å². The van der Waals surface area contributed by atoms with Gasteiger partial charge in [0.15, 0.2) is 11.6 Å². The van der Waals surface area contributed by atoms with E-state index in [-0.39, 0.29) is 17.9 Å². The van der Waals surface area contributed by atoms with Crippen LogP contribution in [0.5, 0.6) is 5.75 Å². The van der Waals surface area contributed by atoms with Crippen molar-refractivity contribution in [2.24, 2.45) is 0 Å². The van der Waals surface area contributed by atoms with Crippen molar-refractivity contribution in [2.75, 3.05) is 0 Å². The molecule has 0 aliphatic carbocycles. The van der Waals surface area contributed by atoms with Gasteiger partial charge in [0.2, 0.25) is 5.91 Å². The number of aromatic nitrogens is 2. The SMILES string of the molecule is O=C(CCc1c(-c2cc(F)c(O)c(Cl)c2)n[nH]c1-c1ccccc1)NO. The molecule has 0 unspecified atom stereocenters. The average Bonchev–Trinajstić information content (AvgIpc) is 3.08. The van der Waals surface area contributed by atoms with E-state index in [4.69, 9.17) is 16.8 Å². The van der Waals surface area contributed by atoms with Gasteiger partial charge in [-0.15, -0.1) is 0 Å². The first-order valence-corrected chi connectivity index (χ1v) is 8.13. The molecule has 0 saturated carbocycles. The molecule has 0 spiro atoms. The molecular weight excluding hydrogens is 361 g/mol. The second-order valence-corrected chi connectivity index (χ2v) is 6.02. The van der Waals surface area contributed by atoms with Crippen LogP contribution in [-0.4, -0.2) is 26.4 Å². The molecule has 1 aromatic heterocycles. The standard InChI is InChI=1S/C18H15ClFN3O3/c19-13-8-11(9-14(20)18(13)25)17-12(6-7-15(24)23-26)16(21-22-17)10-4-2-1-3-5-10/h1-5,8-9,25-26H,6-7H2,(H,21,22)(H,23,24). The van der Waals surface area contributed by atoms with Gasteiger partial charge in [-0.05, 0) is 24.1 Å². The van der Waals surface area contributed by atoms with Crippen LogP contribution in [0.2, 0.25) is 5.02 Å². The molecular formula is C18H15ClFN3O3. The van der Waals surface area contributed by atoms with Crippen LogP contribution in [-0.2, 0) is 11.2 Å². The summed E-state index contributed by atoms with van der Waals surface area (Å²) in [7, 11) is 0. The summed E-state index contributed by atoms with van der Waals surface area (Å²) in [6, 6.07) is 11.9. The van der Waals surface area contributed by atoms with Crippen molar-refractivity contribution in [3.63, 3.8) is 0 Å². The summed E-state index contributed by atoms with van der Waals surface area (Å²) in [4.78, 5) is 11.4. The van der Waals surface area contributed by atoms with E-state index in [0.29, 0.717) is 22.5 Å². The summed E-state index contributed by atoms with van der Waals surface area (Å²) < 4.78 is 13.9. The van der Waals surface area contributed by atoms with Gasteiger partial charge in [-0.25, -0.2) is 9.87 Å². The molecule has 1 heterocycles. The number of phenolic OH excluding ortho intramolecular Hbond substituents is 1. The van der Waals surface area contributed by atoms with E-state index in [1.54, 1.807) is 5.48 Å². The molecule has 0 radical (unpaired) electrons. The second-order valence-electron chi connectivity index (χ2n) is 5.62. The van der Waals surface area contributed by atoms with Crippen LogP contribution in [0.3, 0.4) is 0 Å². The first kappa shape index (κ1) is 17.9. The Bertz CT molecular complexity index is 921. The molecule has 3 aromatic rings. The Morgan fingerprint density at radius 1 is 1.23 bits per heavy atom. The van der Waals surface area contributed by atoms with Crippen LogP contribution in [0.1, 0.15) is 12.0 Å². The molecule has 0 bridgehead atoms. The maximum Gasteiger partial charge on any atom is 0.243 e. The minimum atomic E-state index is -0.865. The topological polar surface area (TPSA) is 98.2 Å². The van der Waals surface area contributed by atoms with E-state index in [9.17, 15) is 14.3 Å². The number of nitrogens with one attached hydrogen (secondary N) is 2. The number of H-pyrrole nitrogens is 1. The molecule has 0 aliphatic heterocycles. The predicted octanol–water partition coefficient (Wildman–Crippen LogP) is 3.68. The van der Waals surface area contributed by atoms with Gasteiger partial charge in [-0.3, -0.25) is 15.1 Å². The largest absolute Gasteiger partial charge is 0.504 e. The van der Waals surface area contributed by atoms with Gasteiger partial charge in [-0.1, -0.05) is 41.9 Å². The third-order valence-electron chi connectivity index (χ3n) is 3.95. The number of rotatable bonds is 5. The average molecular weight is 376 g/mol. The van der Waals surface area contributed by atoms with Crippen LogP contribution in [0.25, 0.3) is 22.5 Å². The van der Waals surface area contributed by atoms with E-state index in [1.165, 1.54) is 6.07 Å². The quantitative estimate of drug-likeness (QED) is 0.404. The number of halogens is 2. The lowest BCUT2D eigenvalue weighted by Crippen LogP contribution is -2.18. The maximum absolute atomic E-state index is 13.9. The third kappa shape index (κ3) is 3.54. The lowest BCUT2D eigenvalue weighted by Gasteiger charge is -2.08. The van der Waals surface area contributed by atoms with Crippen molar-refractivity contribution in [3.05, 3.63) is 58.9 Å². The summed E-state index contributed by atoms with van der Waals surface area (Å²) in [5.41, 5.74) is 4.55. The van der Waals surface area contributed by atoms with E-state index in [1.807, 2.05) is 30.3 Å². The Morgan fingerprint density at radius 2 is 1.96 bits per heavy atom. The highest BCUT2D eigenvalue weighted by molar-refractivity contribution is 6.32. The zero-order valence-corrected chi connectivity index (χ0v) is 14.2. The fraction of sp³-hybridized carbons (Fsp3) is 0.111. The number of amides is 1. The van der Waals surface area contributed by atoms with Crippen molar-refractivity contribution in [1.29, 1.82) is 0 Å². The van der Waals surface area contributed by atoms with Crippen LogP contribution in [0.4, 0.5) is 4.39 Å².